The lowest BCUT2D eigenvalue weighted by Gasteiger charge is -2.13. The van der Waals surface area contributed by atoms with Crippen LogP contribution in [0, 0.1) is 0 Å². The van der Waals surface area contributed by atoms with Crippen LogP contribution in [0.15, 0.2) is 65.9 Å². The second-order valence-electron chi connectivity index (χ2n) is 7.13. The fourth-order valence-corrected chi connectivity index (χ4v) is 3.46. The van der Waals surface area contributed by atoms with Crippen LogP contribution < -0.4 is 10.6 Å². The number of nitrogens with zero attached hydrogens (tertiary/aromatic N) is 4. The van der Waals surface area contributed by atoms with Crippen LogP contribution >= 0.6 is 11.6 Å². The second kappa shape index (κ2) is 10.0. The molecular weight excluding hydrogens is 412 g/mol. The molecule has 3 heterocycles. The van der Waals surface area contributed by atoms with Gasteiger partial charge < -0.3 is 15.5 Å². The lowest BCUT2D eigenvalue weighted by molar-refractivity contribution is 0.102. The fourth-order valence-electron chi connectivity index (χ4n) is 3.24. The van der Waals surface area contributed by atoms with Gasteiger partial charge in [-0.15, -0.1) is 0 Å². The average molecular weight is 435 g/mol. The molecule has 0 unspecified atom stereocenters. The number of rotatable bonds is 8. The standard InChI is InChI=1S/C23H23ClN6O/c24-20-7-6-18(14-19(20)21-4-1-2-9-26-21)29-23(31)17-5-8-22(28-15-17)27-10-3-12-30-13-11-25-16-30/h1-2,4-9,14-16H,3,10-13H2,(H,27,28)(H,29,31). The number of carbonyl (C=O) groups excluding carboxylic acids is 1. The third kappa shape index (κ3) is 5.58. The Hall–Kier alpha value is -3.45. The molecule has 1 aliphatic rings. The van der Waals surface area contributed by atoms with Crippen LogP contribution in [0.2, 0.25) is 5.02 Å². The largest absolute Gasteiger partial charge is 0.370 e. The monoisotopic (exact) mass is 434 g/mol. The summed E-state index contributed by atoms with van der Waals surface area (Å²) < 4.78 is 0. The van der Waals surface area contributed by atoms with Gasteiger partial charge in [0.15, 0.2) is 0 Å². The van der Waals surface area contributed by atoms with Gasteiger partial charge in [0.25, 0.3) is 5.91 Å². The van der Waals surface area contributed by atoms with E-state index in [1.165, 1.54) is 0 Å². The Bertz CT molecular complexity index is 1060. The molecule has 0 aliphatic carbocycles. The molecule has 0 bridgehead atoms. The number of aromatic nitrogens is 2. The highest BCUT2D eigenvalue weighted by molar-refractivity contribution is 6.33. The van der Waals surface area contributed by atoms with Crippen LogP contribution in [0.3, 0.4) is 0 Å². The lowest BCUT2D eigenvalue weighted by atomic mass is 10.1. The van der Waals surface area contributed by atoms with E-state index in [4.69, 9.17) is 11.6 Å². The molecule has 1 amide bonds. The molecular formula is C23H23ClN6O. The van der Waals surface area contributed by atoms with E-state index in [-0.39, 0.29) is 5.91 Å². The van der Waals surface area contributed by atoms with Crippen molar-refractivity contribution in [2.75, 3.05) is 36.8 Å². The number of hydrogen-bond donors (Lipinski definition) is 2. The third-order valence-corrected chi connectivity index (χ3v) is 5.21. The van der Waals surface area contributed by atoms with Gasteiger partial charge in [-0.25, -0.2) is 4.98 Å². The molecule has 2 N–H and O–H groups in total. The summed E-state index contributed by atoms with van der Waals surface area (Å²) in [5.41, 5.74) is 2.63. The van der Waals surface area contributed by atoms with Crippen molar-refractivity contribution in [3.8, 4) is 11.3 Å². The maximum atomic E-state index is 12.6. The molecule has 0 saturated heterocycles. The Morgan fingerprint density at radius 1 is 1.13 bits per heavy atom. The summed E-state index contributed by atoms with van der Waals surface area (Å²) in [7, 11) is 0. The van der Waals surface area contributed by atoms with Gasteiger partial charge in [-0.3, -0.25) is 14.8 Å². The highest BCUT2D eigenvalue weighted by Gasteiger charge is 2.10. The first-order valence-corrected chi connectivity index (χ1v) is 10.5. The minimum atomic E-state index is -0.235. The zero-order valence-corrected chi connectivity index (χ0v) is 17.7. The van der Waals surface area contributed by atoms with Gasteiger partial charge in [0.05, 0.1) is 29.2 Å². The topological polar surface area (TPSA) is 82.5 Å². The number of carbonyl (C=O) groups is 1. The molecule has 8 heteroatoms. The molecule has 0 spiro atoms. The number of hydrogen-bond acceptors (Lipinski definition) is 6. The average Bonchev–Trinajstić information content (AvgIpc) is 3.32. The summed E-state index contributed by atoms with van der Waals surface area (Å²) in [6.45, 7) is 3.67. The Labute approximate surface area is 186 Å². The first-order chi connectivity index (χ1) is 15.2. The first-order valence-electron chi connectivity index (χ1n) is 10.2. The Morgan fingerprint density at radius 3 is 2.81 bits per heavy atom. The number of halogens is 1. The summed E-state index contributed by atoms with van der Waals surface area (Å²) in [5, 5.41) is 6.75. The fraction of sp³-hybridized carbons (Fsp3) is 0.217. The van der Waals surface area contributed by atoms with Gasteiger partial charge in [-0.2, -0.15) is 0 Å². The highest BCUT2D eigenvalue weighted by atomic mass is 35.5. The van der Waals surface area contributed by atoms with Crippen molar-refractivity contribution in [2.45, 2.75) is 6.42 Å². The molecule has 3 aromatic rings. The van der Waals surface area contributed by atoms with E-state index in [9.17, 15) is 4.79 Å². The number of aliphatic imine (C=N–C) groups is 1. The van der Waals surface area contributed by atoms with Crippen LogP contribution in [0.1, 0.15) is 16.8 Å². The van der Waals surface area contributed by atoms with Crippen molar-refractivity contribution in [3.63, 3.8) is 0 Å². The van der Waals surface area contributed by atoms with E-state index in [0.717, 1.165) is 49.7 Å². The zero-order valence-electron chi connectivity index (χ0n) is 17.0. The molecule has 1 aromatic carbocycles. The number of pyridine rings is 2. The molecule has 0 radical (unpaired) electrons. The van der Waals surface area contributed by atoms with Crippen molar-refractivity contribution in [3.05, 3.63) is 71.5 Å². The van der Waals surface area contributed by atoms with E-state index in [2.05, 4.69) is 30.5 Å². The molecule has 0 atom stereocenters. The molecule has 7 nitrogen and oxygen atoms in total. The van der Waals surface area contributed by atoms with Gasteiger partial charge in [0.2, 0.25) is 0 Å². The molecule has 4 rings (SSSR count). The van der Waals surface area contributed by atoms with Crippen molar-refractivity contribution in [1.82, 2.24) is 14.9 Å². The number of amides is 1. The molecule has 0 saturated carbocycles. The molecule has 158 valence electrons. The van der Waals surface area contributed by atoms with Crippen molar-refractivity contribution < 1.29 is 4.79 Å². The summed E-state index contributed by atoms with van der Waals surface area (Å²) in [6, 6.07) is 14.5. The summed E-state index contributed by atoms with van der Waals surface area (Å²) in [5.74, 6) is 0.511. The molecule has 2 aromatic heterocycles. The van der Waals surface area contributed by atoms with Crippen molar-refractivity contribution in [1.29, 1.82) is 0 Å². The SMILES string of the molecule is O=C(Nc1ccc(Cl)c(-c2ccccn2)c1)c1ccc(NCCCN2C=NCC2)nc1. The number of anilines is 2. The summed E-state index contributed by atoms with van der Waals surface area (Å²) in [6.07, 6.45) is 6.18. The predicted octanol–water partition coefficient (Wildman–Crippen LogP) is 4.20. The van der Waals surface area contributed by atoms with Crippen LogP contribution in [-0.4, -0.2) is 53.3 Å². The van der Waals surface area contributed by atoms with Crippen LogP contribution in [0.4, 0.5) is 11.5 Å². The van der Waals surface area contributed by atoms with Crippen LogP contribution in [0.25, 0.3) is 11.3 Å². The van der Waals surface area contributed by atoms with Crippen LogP contribution in [0.5, 0.6) is 0 Å². The number of benzene rings is 1. The van der Waals surface area contributed by atoms with Crippen molar-refractivity contribution in [2.24, 2.45) is 4.99 Å². The quantitative estimate of drug-likeness (QED) is 0.519. The van der Waals surface area contributed by atoms with Gasteiger partial charge >= 0.3 is 0 Å². The Balaban J connectivity index is 1.33. The van der Waals surface area contributed by atoms with E-state index in [1.807, 2.05) is 36.7 Å². The number of nitrogens with one attached hydrogen (secondary N) is 2. The maximum Gasteiger partial charge on any atom is 0.257 e. The van der Waals surface area contributed by atoms with E-state index < -0.39 is 0 Å². The Morgan fingerprint density at radius 2 is 2.06 bits per heavy atom. The summed E-state index contributed by atoms with van der Waals surface area (Å²) in [4.78, 5) is 27.7. The van der Waals surface area contributed by atoms with Crippen molar-refractivity contribution >= 4 is 35.4 Å². The maximum absolute atomic E-state index is 12.6. The molecule has 31 heavy (non-hydrogen) atoms. The van der Waals surface area contributed by atoms with Gasteiger partial charge in [0.1, 0.15) is 5.82 Å². The predicted molar refractivity (Wildman–Crippen MR) is 125 cm³/mol. The minimum absolute atomic E-state index is 0.235. The highest BCUT2D eigenvalue weighted by Crippen LogP contribution is 2.29. The van der Waals surface area contributed by atoms with E-state index in [0.29, 0.717) is 16.3 Å². The zero-order chi connectivity index (χ0) is 21.5. The van der Waals surface area contributed by atoms with E-state index in [1.54, 1.807) is 30.6 Å². The Kier molecular flexibility index (Phi) is 6.74. The molecule has 0 fully saturated rings. The summed E-state index contributed by atoms with van der Waals surface area (Å²) >= 11 is 6.31. The van der Waals surface area contributed by atoms with Gasteiger partial charge in [-0.1, -0.05) is 17.7 Å². The van der Waals surface area contributed by atoms with Gasteiger partial charge in [-0.05, 0) is 48.9 Å². The van der Waals surface area contributed by atoms with Crippen LogP contribution in [-0.2, 0) is 0 Å². The van der Waals surface area contributed by atoms with E-state index >= 15 is 0 Å². The smallest absolute Gasteiger partial charge is 0.257 e. The minimum Gasteiger partial charge on any atom is -0.370 e. The third-order valence-electron chi connectivity index (χ3n) is 4.88. The second-order valence-corrected chi connectivity index (χ2v) is 7.54. The normalized spacial score (nSPS) is 12.7. The van der Waals surface area contributed by atoms with Gasteiger partial charge in [0, 0.05) is 43.3 Å². The molecule has 1 aliphatic heterocycles. The lowest BCUT2D eigenvalue weighted by Crippen LogP contribution is -2.22. The first kappa shape index (κ1) is 20.8.